The van der Waals surface area contributed by atoms with Crippen LogP contribution in [0, 0.1) is 0 Å². The molecule has 2 aromatic rings. The maximum atomic E-state index is 12.8. The maximum absolute atomic E-state index is 12.8. The molecule has 1 atom stereocenters. The Balaban J connectivity index is 1.64. The molecule has 152 valence electrons. The van der Waals surface area contributed by atoms with Gasteiger partial charge in [0.25, 0.3) is 5.91 Å². The molecular formula is C20H28N3O3S2+. The summed E-state index contributed by atoms with van der Waals surface area (Å²) in [4.78, 5) is 15.1. The van der Waals surface area contributed by atoms with Crippen molar-refractivity contribution >= 4 is 33.0 Å². The van der Waals surface area contributed by atoms with E-state index in [1.807, 2.05) is 11.4 Å². The first-order valence-corrected chi connectivity index (χ1v) is 12.1. The number of amides is 1. The van der Waals surface area contributed by atoms with Crippen LogP contribution >= 0.6 is 11.3 Å². The molecule has 3 rings (SSSR count). The minimum absolute atomic E-state index is 0.110. The molecule has 8 heteroatoms. The molecule has 0 aliphatic carbocycles. The molecule has 0 radical (unpaired) electrons. The summed E-state index contributed by atoms with van der Waals surface area (Å²) in [6.45, 7) is 5.19. The lowest BCUT2D eigenvalue weighted by molar-refractivity contribution is -0.903. The standard InChI is InChI=1S/C20H27N3O3S2/c1-2-22(15-18-9-7-13-27-18)16-20(24)21-17-8-6-10-19(14-17)28(25,26)23-11-4-3-5-12-23/h6-10,13-14H,2-5,11-12,15-16H2,1H3,(H,21,24)/p+1. The van der Waals surface area contributed by atoms with Gasteiger partial charge in [0.1, 0.15) is 6.54 Å². The van der Waals surface area contributed by atoms with Gasteiger partial charge in [-0.2, -0.15) is 4.31 Å². The highest BCUT2D eigenvalue weighted by Crippen LogP contribution is 2.22. The number of nitrogens with zero attached hydrogens (tertiary/aromatic N) is 1. The molecule has 28 heavy (non-hydrogen) atoms. The number of quaternary nitrogens is 1. The Labute approximate surface area is 171 Å². The highest BCUT2D eigenvalue weighted by atomic mass is 32.2. The number of anilines is 1. The Morgan fingerprint density at radius 3 is 2.64 bits per heavy atom. The van der Waals surface area contributed by atoms with Crippen molar-refractivity contribution in [1.82, 2.24) is 4.31 Å². The summed E-state index contributed by atoms with van der Waals surface area (Å²) < 4.78 is 27.2. The van der Waals surface area contributed by atoms with Gasteiger partial charge in [0, 0.05) is 18.8 Å². The molecular weight excluding hydrogens is 394 g/mol. The van der Waals surface area contributed by atoms with Crippen LogP contribution in [-0.2, 0) is 21.4 Å². The predicted octanol–water partition coefficient (Wildman–Crippen LogP) is 1.97. The van der Waals surface area contributed by atoms with Crippen molar-refractivity contribution in [3.05, 3.63) is 46.7 Å². The van der Waals surface area contributed by atoms with Gasteiger partial charge in [-0.25, -0.2) is 8.42 Å². The Kier molecular flexibility index (Phi) is 7.23. The lowest BCUT2D eigenvalue weighted by Crippen LogP contribution is -3.11. The van der Waals surface area contributed by atoms with Gasteiger partial charge in [-0.1, -0.05) is 18.6 Å². The fourth-order valence-electron chi connectivity index (χ4n) is 3.39. The molecule has 0 spiro atoms. The number of nitrogens with one attached hydrogen (secondary N) is 2. The van der Waals surface area contributed by atoms with E-state index in [0.29, 0.717) is 25.3 Å². The van der Waals surface area contributed by atoms with Gasteiger partial charge >= 0.3 is 0 Å². The van der Waals surface area contributed by atoms with Crippen molar-refractivity contribution in [2.75, 3.05) is 31.5 Å². The molecule has 0 bridgehead atoms. The maximum Gasteiger partial charge on any atom is 0.279 e. The number of piperidine rings is 1. The zero-order valence-electron chi connectivity index (χ0n) is 16.2. The van der Waals surface area contributed by atoms with Crippen LogP contribution in [0.3, 0.4) is 0 Å². The van der Waals surface area contributed by atoms with Crippen LogP contribution in [0.2, 0.25) is 0 Å². The van der Waals surface area contributed by atoms with Crippen LogP contribution in [0.25, 0.3) is 0 Å². The minimum Gasteiger partial charge on any atom is -0.323 e. The summed E-state index contributed by atoms with van der Waals surface area (Å²) in [5.74, 6) is -0.110. The Morgan fingerprint density at radius 2 is 1.96 bits per heavy atom. The fourth-order valence-corrected chi connectivity index (χ4v) is 5.73. The minimum atomic E-state index is -3.50. The van der Waals surface area contributed by atoms with Crippen molar-refractivity contribution in [3.63, 3.8) is 0 Å². The first-order chi connectivity index (χ1) is 13.5. The molecule has 1 aromatic heterocycles. The van der Waals surface area contributed by atoms with Crippen molar-refractivity contribution in [2.45, 2.75) is 37.6 Å². The Hall–Kier alpha value is -1.74. The van der Waals surface area contributed by atoms with Gasteiger partial charge in [-0.15, -0.1) is 11.3 Å². The second-order valence-corrected chi connectivity index (χ2v) is 10.0. The van der Waals surface area contributed by atoms with Crippen LogP contribution in [-0.4, -0.2) is 44.8 Å². The third-order valence-electron chi connectivity index (χ3n) is 4.99. The van der Waals surface area contributed by atoms with E-state index in [4.69, 9.17) is 0 Å². The lowest BCUT2D eigenvalue weighted by atomic mass is 10.2. The highest BCUT2D eigenvalue weighted by molar-refractivity contribution is 7.89. The fraction of sp³-hybridized carbons (Fsp3) is 0.450. The van der Waals surface area contributed by atoms with E-state index in [-0.39, 0.29) is 10.8 Å². The lowest BCUT2D eigenvalue weighted by Gasteiger charge is -2.26. The van der Waals surface area contributed by atoms with Crippen molar-refractivity contribution in [3.8, 4) is 0 Å². The molecule has 1 unspecified atom stereocenters. The second kappa shape index (κ2) is 9.65. The highest BCUT2D eigenvalue weighted by Gasteiger charge is 2.26. The van der Waals surface area contributed by atoms with Crippen LogP contribution in [0.15, 0.2) is 46.7 Å². The first-order valence-electron chi connectivity index (χ1n) is 9.75. The van der Waals surface area contributed by atoms with E-state index in [9.17, 15) is 13.2 Å². The summed E-state index contributed by atoms with van der Waals surface area (Å²) in [7, 11) is -3.50. The molecule has 0 saturated carbocycles. The topological polar surface area (TPSA) is 70.9 Å². The van der Waals surface area contributed by atoms with Crippen LogP contribution in [0.1, 0.15) is 31.1 Å². The van der Waals surface area contributed by atoms with E-state index in [0.717, 1.165) is 37.3 Å². The summed E-state index contributed by atoms with van der Waals surface area (Å²) >= 11 is 1.69. The summed E-state index contributed by atoms with van der Waals surface area (Å²) in [5, 5.41) is 4.90. The van der Waals surface area contributed by atoms with Crippen molar-refractivity contribution in [2.24, 2.45) is 0 Å². The van der Waals surface area contributed by atoms with Crippen LogP contribution in [0.4, 0.5) is 5.69 Å². The number of likely N-dealkylation sites (N-methyl/N-ethyl adjacent to an activating group) is 1. The molecule has 6 nitrogen and oxygen atoms in total. The average molecular weight is 423 g/mol. The van der Waals surface area contributed by atoms with Gasteiger partial charge in [-0.05, 0) is 49.4 Å². The number of carbonyl (C=O) groups excluding carboxylic acids is 1. The third kappa shape index (κ3) is 5.41. The smallest absolute Gasteiger partial charge is 0.279 e. The third-order valence-corrected chi connectivity index (χ3v) is 7.76. The number of benzene rings is 1. The molecule has 2 heterocycles. The largest absolute Gasteiger partial charge is 0.323 e. The zero-order valence-corrected chi connectivity index (χ0v) is 17.8. The zero-order chi connectivity index (χ0) is 20.0. The number of sulfonamides is 1. The number of hydrogen-bond donors (Lipinski definition) is 2. The molecule has 1 aliphatic rings. The molecule has 1 saturated heterocycles. The Morgan fingerprint density at radius 1 is 1.18 bits per heavy atom. The van der Waals surface area contributed by atoms with Gasteiger partial charge in [-0.3, -0.25) is 4.79 Å². The summed E-state index contributed by atoms with van der Waals surface area (Å²) in [5.41, 5.74) is 0.523. The molecule has 2 N–H and O–H groups in total. The van der Waals surface area contributed by atoms with E-state index >= 15 is 0 Å². The van der Waals surface area contributed by atoms with E-state index in [1.165, 1.54) is 4.88 Å². The quantitative estimate of drug-likeness (QED) is 0.683. The van der Waals surface area contributed by atoms with Gasteiger partial charge < -0.3 is 10.2 Å². The molecule has 1 aromatic carbocycles. The molecule has 1 amide bonds. The number of thiophene rings is 1. The number of rotatable bonds is 8. The first kappa shape index (κ1) is 21.0. The summed E-state index contributed by atoms with van der Waals surface area (Å²) in [6, 6.07) is 10.7. The van der Waals surface area contributed by atoms with Crippen LogP contribution < -0.4 is 10.2 Å². The molecule has 1 aliphatic heterocycles. The van der Waals surface area contributed by atoms with Gasteiger partial charge in [0.15, 0.2) is 6.54 Å². The number of carbonyl (C=O) groups is 1. The number of hydrogen-bond acceptors (Lipinski definition) is 4. The van der Waals surface area contributed by atoms with Gasteiger partial charge in [0.05, 0.1) is 16.3 Å². The van der Waals surface area contributed by atoms with E-state index in [2.05, 4.69) is 18.3 Å². The van der Waals surface area contributed by atoms with E-state index < -0.39 is 10.0 Å². The normalized spacial score (nSPS) is 16.6. The Bertz CT molecular complexity index is 876. The van der Waals surface area contributed by atoms with Crippen molar-refractivity contribution < 1.29 is 18.1 Å². The SMILES string of the molecule is CC[NH+](CC(=O)Nc1cccc(S(=O)(=O)N2CCCCC2)c1)Cc1cccs1. The average Bonchev–Trinajstić information content (AvgIpc) is 3.21. The van der Waals surface area contributed by atoms with Crippen molar-refractivity contribution in [1.29, 1.82) is 0 Å². The monoisotopic (exact) mass is 422 g/mol. The second-order valence-electron chi connectivity index (χ2n) is 7.08. The molecule has 1 fully saturated rings. The van der Waals surface area contributed by atoms with Gasteiger partial charge in [0.2, 0.25) is 10.0 Å². The van der Waals surface area contributed by atoms with E-state index in [1.54, 1.807) is 39.9 Å². The van der Waals surface area contributed by atoms with Crippen LogP contribution in [0.5, 0.6) is 0 Å². The summed E-state index contributed by atoms with van der Waals surface area (Å²) in [6.07, 6.45) is 2.87. The predicted molar refractivity (Wildman–Crippen MR) is 112 cm³/mol.